The summed E-state index contributed by atoms with van der Waals surface area (Å²) in [5.74, 6) is 0.569. The molecule has 0 aromatic heterocycles. The average molecular weight is 275 g/mol. The second kappa shape index (κ2) is 5.81. The normalized spacial score (nSPS) is 28.1. The first-order valence-electron chi connectivity index (χ1n) is 7.15. The lowest BCUT2D eigenvalue weighted by Gasteiger charge is -2.47. The number of hydrogen-bond acceptors (Lipinski definition) is 4. The van der Waals surface area contributed by atoms with Crippen molar-refractivity contribution in [1.29, 1.82) is 0 Å². The fourth-order valence-corrected chi connectivity index (χ4v) is 3.06. The Hall–Kier alpha value is -1.59. The van der Waals surface area contributed by atoms with Gasteiger partial charge in [-0.15, -0.1) is 0 Å². The summed E-state index contributed by atoms with van der Waals surface area (Å²) in [7, 11) is 1.59. The van der Waals surface area contributed by atoms with Gasteiger partial charge in [0.05, 0.1) is 12.7 Å². The molecule has 0 saturated carbocycles. The summed E-state index contributed by atoms with van der Waals surface area (Å²) in [6.45, 7) is 6.33. The zero-order valence-corrected chi connectivity index (χ0v) is 11.8. The van der Waals surface area contributed by atoms with Crippen LogP contribution in [0.15, 0.2) is 24.3 Å². The third kappa shape index (κ3) is 2.64. The van der Waals surface area contributed by atoms with Gasteiger partial charge in [-0.3, -0.25) is 14.6 Å². The number of carbonyl (C=O) groups is 1. The first kappa shape index (κ1) is 13.4. The second-order valence-electron chi connectivity index (χ2n) is 5.40. The van der Waals surface area contributed by atoms with E-state index in [0.29, 0.717) is 23.9 Å². The lowest BCUT2D eigenvalue weighted by atomic mass is 10.1. The van der Waals surface area contributed by atoms with E-state index in [-0.39, 0.29) is 5.91 Å². The number of nitrogens with zero attached hydrogens (tertiary/aromatic N) is 2. The van der Waals surface area contributed by atoms with Crippen molar-refractivity contribution in [3.8, 4) is 5.75 Å². The van der Waals surface area contributed by atoms with Gasteiger partial charge in [-0.1, -0.05) is 12.1 Å². The number of hydrogen-bond donors (Lipinski definition) is 1. The smallest absolute Gasteiger partial charge is 0.255 e. The highest BCUT2D eigenvalue weighted by Crippen LogP contribution is 2.18. The van der Waals surface area contributed by atoms with Crippen LogP contribution in [0.5, 0.6) is 5.75 Å². The van der Waals surface area contributed by atoms with E-state index in [0.717, 1.165) is 32.7 Å². The largest absolute Gasteiger partial charge is 0.496 e. The van der Waals surface area contributed by atoms with E-state index in [2.05, 4.69) is 15.1 Å². The zero-order chi connectivity index (χ0) is 13.9. The van der Waals surface area contributed by atoms with Gasteiger partial charge in [-0.05, 0) is 12.1 Å². The lowest BCUT2D eigenvalue weighted by Crippen LogP contribution is -2.63. The van der Waals surface area contributed by atoms with Crippen LogP contribution in [-0.4, -0.2) is 68.1 Å². The Kier molecular flexibility index (Phi) is 3.89. The number of amides is 1. The van der Waals surface area contributed by atoms with Crippen LogP contribution in [0.25, 0.3) is 0 Å². The highest BCUT2D eigenvalue weighted by Gasteiger charge is 2.31. The van der Waals surface area contributed by atoms with Crippen LogP contribution in [0.4, 0.5) is 0 Å². The van der Waals surface area contributed by atoms with E-state index in [1.165, 1.54) is 0 Å². The molecular formula is C15H21N3O2. The summed E-state index contributed by atoms with van der Waals surface area (Å²) in [5.41, 5.74) is 0.603. The maximum absolute atomic E-state index is 12.3. The van der Waals surface area contributed by atoms with E-state index in [9.17, 15) is 4.79 Å². The quantitative estimate of drug-likeness (QED) is 0.865. The van der Waals surface area contributed by atoms with Crippen LogP contribution in [0.1, 0.15) is 10.4 Å². The van der Waals surface area contributed by atoms with Crippen molar-refractivity contribution in [3.63, 3.8) is 0 Å². The molecule has 3 fully saturated rings. The van der Waals surface area contributed by atoms with Crippen molar-refractivity contribution in [3.05, 3.63) is 29.8 Å². The van der Waals surface area contributed by atoms with Crippen molar-refractivity contribution < 1.29 is 9.53 Å². The predicted molar refractivity (Wildman–Crippen MR) is 77.1 cm³/mol. The molecule has 1 aromatic rings. The molecule has 1 amide bonds. The number of methoxy groups -OCH3 is 1. The SMILES string of the molecule is COc1ccccc1C(=O)NCC1CN2CCN1CC2. The Bertz CT molecular complexity index is 484. The number of nitrogens with one attached hydrogen (secondary N) is 1. The molecule has 2 bridgehead atoms. The Morgan fingerprint density at radius 1 is 1.30 bits per heavy atom. The highest BCUT2D eigenvalue weighted by molar-refractivity contribution is 5.96. The van der Waals surface area contributed by atoms with Crippen LogP contribution >= 0.6 is 0 Å². The standard InChI is InChI=1S/C15H21N3O2/c1-20-14-5-3-2-4-13(14)15(19)16-10-12-11-17-6-8-18(12)9-7-17/h2-5,12H,6-11H2,1H3,(H,16,19). The van der Waals surface area contributed by atoms with Gasteiger partial charge in [0, 0.05) is 45.3 Å². The molecule has 4 rings (SSSR count). The van der Waals surface area contributed by atoms with Gasteiger partial charge in [0.15, 0.2) is 0 Å². The number of rotatable bonds is 4. The number of fused-ring (bicyclic) bond motifs is 3. The molecule has 5 nitrogen and oxygen atoms in total. The molecule has 0 radical (unpaired) electrons. The van der Waals surface area contributed by atoms with Crippen LogP contribution in [-0.2, 0) is 0 Å². The maximum Gasteiger partial charge on any atom is 0.255 e. The summed E-state index contributed by atoms with van der Waals surface area (Å²) in [5, 5.41) is 3.04. The molecule has 3 heterocycles. The van der Waals surface area contributed by atoms with E-state index in [4.69, 9.17) is 4.74 Å². The van der Waals surface area contributed by atoms with Gasteiger partial charge in [0.1, 0.15) is 5.75 Å². The molecule has 1 atom stereocenters. The molecule has 20 heavy (non-hydrogen) atoms. The van der Waals surface area contributed by atoms with E-state index in [1.807, 2.05) is 18.2 Å². The van der Waals surface area contributed by atoms with Crippen molar-refractivity contribution >= 4 is 5.91 Å². The van der Waals surface area contributed by atoms with E-state index < -0.39 is 0 Å². The Morgan fingerprint density at radius 3 is 2.70 bits per heavy atom. The molecule has 1 aromatic carbocycles. The fourth-order valence-electron chi connectivity index (χ4n) is 3.06. The number of piperazine rings is 3. The molecule has 1 N–H and O–H groups in total. The number of para-hydroxylation sites is 1. The number of carbonyl (C=O) groups excluding carboxylic acids is 1. The maximum atomic E-state index is 12.3. The van der Waals surface area contributed by atoms with Crippen molar-refractivity contribution in [2.75, 3.05) is 46.4 Å². The van der Waals surface area contributed by atoms with Crippen LogP contribution < -0.4 is 10.1 Å². The van der Waals surface area contributed by atoms with Crippen molar-refractivity contribution in [1.82, 2.24) is 15.1 Å². The predicted octanol–water partition coefficient (Wildman–Crippen LogP) is 0.425. The zero-order valence-electron chi connectivity index (χ0n) is 11.8. The Labute approximate surface area is 119 Å². The average Bonchev–Trinajstić information content (AvgIpc) is 2.53. The number of ether oxygens (including phenoxy) is 1. The van der Waals surface area contributed by atoms with Gasteiger partial charge in [0.2, 0.25) is 0 Å². The molecule has 108 valence electrons. The molecule has 3 aliphatic heterocycles. The Balaban J connectivity index is 1.59. The minimum atomic E-state index is -0.0555. The summed E-state index contributed by atoms with van der Waals surface area (Å²) in [6, 6.07) is 7.78. The lowest BCUT2D eigenvalue weighted by molar-refractivity contribution is 0.0138. The number of benzene rings is 1. The summed E-state index contributed by atoms with van der Waals surface area (Å²) in [6.07, 6.45) is 0. The van der Waals surface area contributed by atoms with Crippen molar-refractivity contribution in [2.24, 2.45) is 0 Å². The van der Waals surface area contributed by atoms with Crippen LogP contribution in [0, 0.1) is 0 Å². The summed E-state index contributed by atoms with van der Waals surface area (Å²) < 4.78 is 5.23. The van der Waals surface area contributed by atoms with Gasteiger partial charge >= 0.3 is 0 Å². The summed E-state index contributed by atoms with van der Waals surface area (Å²) in [4.78, 5) is 17.2. The summed E-state index contributed by atoms with van der Waals surface area (Å²) >= 11 is 0. The van der Waals surface area contributed by atoms with Crippen LogP contribution in [0.2, 0.25) is 0 Å². The molecule has 3 aliphatic rings. The van der Waals surface area contributed by atoms with Gasteiger partial charge < -0.3 is 10.1 Å². The van der Waals surface area contributed by atoms with Gasteiger partial charge in [-0.25, -0.2) is 0 Å². The molecule has 0 aliphatic carbocycles. The second-order valence-corrected chi connectivity index (χ2v) is 5.40. The molecule has 5 heteroatoms. The molecule has 3 saturated heterocycles. The highest BCUT2D eigenvalue weighted by atomic mass is 16.5. The minimum absolute atomic E-state index is 0.0555. The molecular weight excluding hydrogens is 254 g/mol. The van der Waals surface area contributed by atoms with Gasteiger partial charge in [0.25, 0.3) is 5.91 Å². The first-order valence-corrected chi connectivity index (χ1v) is 7.15. The third-order valence-electron chi connectivity index (χ3n) is 4.24. The monoisotopic (exact) mass is 275 g/mol. The van der Waals surface area contributed by atoms with E-state index in [1.54, 1.807) is 13.2 Å². The minimum Gasteiger partial charge on any atom is -0.496 e. The Morgan fingerprint density at radius 2 is 2.05 bits per heavy atom. The fraction of sp³-hybridized carbons (Fsp3) is 0.533. The van der Waals surface area contributed by atoms with Crippen molar-refractivity contribution in [2.45, 2.75) is 6.04 Å². The van der Waals surface area contributed by atoms with Gasteiger partial charge in [-0.2, -0.15) is 0 Å². The van der Waals surface area contributed by atoms with Crippen LogP contribution in [0.3, 0.4) is 0 Å². The first-order chi connectivity index (χ1) is 9.78. The topological polar surface area (TPSA) is 44.8 Å². The third-order valence-corrected chi connectivity index (χ3v) is 4.24. The molecule has 0 spiro atoms. The van der Waals surface area contributed by atoms with E-state index >= 15 is 0 Å². The molecule has 1 unspecified atom stereocenters.